The molecule has 0 saturated carbocycles. The normalized spacial score (nSPS) is 21.0. The fourth-order valence-electron chi connectivity index (χ4n) is 5.75. The lowest BCUT2D eigenvalue weighted by atomic mass is 10.1. The Labute approximate surface area is 213 Å². The number of ether oxygens (including phenoxy) is 1. The number of benzene rings is 1. The summed E-state index contributed by atoms with van der Waals surface area (Å²) in [6.07, 6.45) is 3.33. The summed E-state index contributed by atoms with van der Waals surface area (Å²) in [5, 5.41) is 25.4. The molecule has 3 aromatic rings. The Morgan fingerprint density at radius 2 is 2.14 bits per heavy atom. The van der Waals surface area contributed by atoms with Gasteiger partial charge in [0.2, 0.25) is 5.88 Å². The van der Waals surface area contributed by atoms with Crippen LogP contribution in [0.1, 0.15) is 36.2 Å². The van der Waals surface area contributed by atoms with Crippen LogP contribution in [0.2, 0.25) is 0 Å². The molecule has 2 atom stereocenters. The molecule has 6 rings (SSSR count). The van der Waals surface area contributed by atoms with E-state index in [1.807, 2.05) is 6.07 Å². The molecule has 2 unspecified atom stereocenters. The van der Waals surface area contributed by atoms with Gasteiger partial charge >= 0.3 is 5.69 Å². The second kappa shape index (κ2) is 9.20. The Bertz CT molecular complexity index is 1440. The smallest absolute Gasteiger partial charge is 0.336 e. The molecule has 2 bridgehead atoms. The van der Waals surface area contributed by atoms with E-state index in [4.69, 9.17) is 17.0 Å². The number of thiocarbonyl (C=S) groups is 1. The fourth-order valence-corrected chi connectivity index (χ4v) is 6.06. The molecule has 11 heteroatoms. The molecule has 0 spiro atoms. The van der Waals surface area contributed by atoms with Gasteiger partial charge in [0.15, 0.2) is 5.11 Å². The van der Waals surface area contributed by atoms with Gasteiger partial charge in [-0.3, -0.25) is 14.5 Å². The van der Waals surface area contributed by atoms with E-state index in [1.165, 1.54) is 4.57 Å². The van der Waals surface area contributed by atoms with Crippen LogP contribution >= 0.6 is 12.2 Å². The molecule has 5 heterocycles. The number of nitrogens with zero attached hydrogens (tertiary/aromatic N) is 6. The van der Waals surface area contributed by atoms with Crippen molar-refractivity contribution in [1.29, 1.82) is 5.26 Å². The lowest BCUT2D eigenvalue weighted by Gasteiger charge is -2.30. The van der Waals surface area contributed by atoms with Gasteiger partial charge in [-0.1, -0.05) is 0 Å². The van der Waals surface area contributed by atoms with Crippen LogP contribution < -0.4 is 11.0 Å². The van der Waals surface area contributed by atoms with Crippen molar-refractivity contribution in [3.05, 3.63) is 52.2 Å². The van der Waals surface area contributed by atoms with E-state index < -0.39 is 0 Å². The average Bonchev–Trinajstić information content (AvgIpc) is 3.58. The van der Waals surface area contributed by atoms with Gasteiger partial charge in [-0.2, -0.15) is 5.26 Å². The maximum atomic E-state index is 13.5. The zero-order valence-electron chi connectivity index (χ0n) is 19.8. The summed E-state index contributed by atoms with van der Waals surface area (Å²) in [6, 6.07) is 8.82. The average molecular weight is 506 g/mol. The van der Waals surface area contributed by atoms with E-state index in [1.54, 1.807) is 29.0 Å². The number of nitriles is 1. The number of likely N-dealkylation sites (tertiary alicyclic amines) is 1. The zero-order valence-corrected chi connectivity index (χ0v) is 20.6. The topological polar surface area (TPSA) is 112 Å². The maximum absolute atomic E-state index is 13.5. The van der Waals surface area contributed by atoms with Crippen LogP contribution in [0.4, 0.5) is 0 Å². The van der Waals surface area contributed by atoms with Gasteiger partial charge in [-0.25, -0.2) is 9.36 Å². The highest BCUT2D eigenvalue weighted by Gasteiger charge is 2.48. The number of aromatic hydroxyl groups is 1. The van der Waals surface area contributed by atoms with E-state index >= 15 is 0 Å². The molecule has 2 aromatic heterocycles. The number of hydrogen-bond donors (Lipinski definition) is 2. The summed E-state index contributed by atoms with van der Waals surface area (Å²) >= 11 is 5.71. The number of fused-ring (bicyclic) bond motifs is 6. The van der Waals surface area contributed by atoms with Crippen LogP contribution in [0.15, 0.2) is 35.3 Å². The first-order valence-electron chi connectivity index (χ1n) is 12.3. The zero-order chi connectivity index (χ0) is 24.8. The number of rotatable bonds is 5. The molecular formula is C25H27N7O3S. The van der Waals surface area contributed by atoms with Gasteiger partial charge in [0.25, 0.3) is 0 Å². The predicted molar refractivity (Wildman–Crippen MR) is 137 cm³/mol. The molecule has 3 aliphatic rings. The summed E-state index contributed by atoms with van der Waals surface area (Å²) in [6.45, 7) is 5.93. The van der Waals surface area contributed by atoms with Crippen LogP contribution in [-0.2, 0) is 4.74 Å². The SMILES string of the molecule is N#Cc1ccc(-n2c(O)c3n(c2=O)C2CC3N(C(=S)NCCCN3CCOCC3)C2)c2cccnc12. The van der Waals surface area contributed by atoms with Gasteiger partial charge in [-0.15, -0.1) is 0 Å². The fraction of sp³-hybridized carbons (Fsp3) is 0.440. The number of pyridine rings is 1. The third kappa shape index (κ3) is 3.64. The minimum absolute atomic E-state index is 0.0551. The predicted octanol–water partition coefficient (Wildman–Crippen LogP) is 1.66. The van der Waals surface area contributed by atoms with E-state index in [2.05, 4.69) is 26.2 Å². The molecule has 0 aliphatic carbocycles. The Kier molecular flexibility index (Phi) is 5.87. The quantitative estimate of drug-likeness (QED) is 0.395. The summed E-state index contributed by atoms with van der Waals surface area (Å²) in [7, 11) is 0. The summed E-state index contributed by atoms with van der Waals surface area (Å²) in [5.74, 6) is -0.0813. The number of morpholine rings is 1. The first-order chi connectivity index (χ1) is 17.6. The second-order valence-corrected chi connectivity index (χ2v) is 9.82. The third-order valence-electron chi connectivity index (χ3n) is 7.46. The summed E-state index contributed by atoms with van der Waals surface area (Å²) in [5.41, 5.74) is 1.74. The summed E-state index contributed by atoms with van der Waals surface area (Å²) in [4.78, 5) is 22.3. The monoisotopic (exact) mass is 505 g/mol. The molecule has 0 amide bonds. The molecule has 0 radical (unpaired) electrons. The summed E-state index contributed by atoms with van der Waals surface area (Å²) < 4.78 is 8.44. The first-order valence-corrected chi connectivity index (χ1v) is 12.7. The molecule has 2 saturated heterocycles. The Morgan fingerprint density at radius 1 is 1.31 bits per heavy atom. The highest BCUT2D eigenvalue weighted by atomic mass is 32.1. The van der Waals surface area contributed by atoms with Gasteiger partial charge in [0, 0.05) is 37.8 Å². The van der Waals surface area contributed by atoms with Crippen LogP contribution in [0.3, 0.4) is 0 Å². The van der Waals surface area contributed by atoms with E-state index in [0.29, 0.717) is 39.5 Å². The highest BCUT2D eigenvalue weighted by Crippen LogP contribution is 2.48. The lowest BCUT2D eigenvalue weighted by Crippen LogP contribution is -2.44. The van der Waals surface area contributed by atoms with Crippen LogP contribution in [0, 0.1) is 11.3 Å². The second-order valence-electron chi connectivity index (χ2n) is 9.44. The van der Waals surface area contributed by atoms with Crippen molar-refractivity contribution >= 4 is 28.2 Å². The highest BCUT2D eigenvalue weighted by molar-refractivity contribution is 7.80. The number of aromatic nitrogens is 3. The van der Waals surface area contributed by atoms with Crippen molar-refractivity contribution in [2.24, 2.45) is 0 Å². The van der Waals surface area contributed by atoms with Crippen LogP contribution in [-0.4, -0.2) is 80.1 Å². The van der Waals surface area contributed by atoms with E-state index in [-0.39, 0.29) is 23.7 Å². The van der Waals surface area contributed by atoms with Crippen molar-refractivity contribution in [1.82, 2.24) is 29.2 Å². The number of imidazole rings is 1. The molecule has 2 N–H and O–H groups in total. The number of nitrogens with one attached hydrogen (secondary N) is 1. The van der Waals surface area contributed by atoms with Crippen molar-refractivity contribution in [2.75, 3.05) is 45.9 Å². The molecule has 2 fully saturated rings. The molecule has 3 aliphatic heterocycles. The minimum atomic E-state index is -0.283. The van der Waals surface area contributed by atoms with Gasteiger partial charge in [0.05, 0.1) is 42.1 Å². The van der Waals surface area contributed by atoms with Crippen molar-refractivity contribution in [3.8, 4) is 17.6 Å². The standard InChI is InChI=1S/C25H27N7O3S/c26-14-16-4-5-19(18-3-1-6-27-21(16)18)32-23(33)22-20-13-17(31(22)25(32)34)15-30(20)24(36)28-7-2-8-29-9-11-35-12-10-29/h1,3-6,17,20,33H,2,7-13,15H2,(H,28,36). The Hall–Kier alpha value is -3.46. The van der Waals surface area contributed by atoms with Gasteiger partial charge in [0.1, 0.15) is 11.8 Å². The molecule has 10 nitrogen and oxygen atoms in total. The van der Waals surface area contributed by atoms with E-state index in [9.17, 15) is 15.2 Å². The molecule has 1 aromatic carbocycles. The van der Waals surface area contributed by atoms with Crippen molar-refractivity contribution < 1.29 is 9.84 Å². The molecule has 186 valence electrons. The minimum Gasteiger partial charge on any atom is -0.493 e. The largest absolute Gasteiger partial charge is 0.493 e. The molecule has 36 heavy (non-hydrogen) atoms. The van der Waals surface area contributed by atoms with Crippen molar-refractivity contribution in [2.45, 2.75) is 24.9 Å². The Morgan fingerprint density at radius 3 is 2.94 bits per heavy atom. The van der Waals surface area contributed by atoms with Crippen molar-refractivity contribution in [3.63, 3.8) is 0 Å². The van der Waals surface area contributed by atoms with Crippen LogP contribution in [0.25, 0.3) is 16.6 Å². The first kappa shape index (κ1) is 23.0. The lowest BCUT2D eigenvalue weighted by molar-refractivity contribution is 0.0375. The van der Waals surface area contributed by atoms with Crippen LogP contribution in [0.5, 0.6) is 5.88 Å². The maximum Gasteiger partial charge on any atom is 0.336 e. The number of hydrogen-bond acceptors (Lipinski definition) is 7. The van der Waals surface area contributed by atoms with Gasteiger partial charge in [-0.05, 0) is 55.9 Å². The molecular weight excluding hydrogens is 478 g/mol. The Balaban J connectivity index is 1.23. The third-order valence-corrected chi connectivity index (χ3v) is 7.84. The van der Waals surface area contributed by atoms with E-state index in [0.717, 1.165) is 52.2 Å². The van der Waals surface area contributed by atoms with Gasteiger partial charge < -0.3 is 20.1 Å².